The van der Waals surface area contributed by atoms with Crippen LogP contribution in [0.15, 0.2) is 35.1 Å². The van der Waals surface area contributed by atoms with Gasteiger partial charge in [0.25, 0.3) is 0 Å². The van der Waals surface area contributed by atoms with Crippen LogP contribution in [0.5, 0.6) is 5.75 Å². The fourth-order valence-electron chi connectivity index (χ4n) is 0.980. The Morgan fingerprint density at radius 2 is 2.38 bits per heavy atom. The molecule has 0 unspecified atom stereocenters. The second-order valence-electron chi connectivity index (χ2n) is 2.42. The van der Waals surface area contributed by atoms with Crippen LogP contribution in [0, 0.1) is 0 Å². The predicted molar refractivity (Wildman–Crippen MR) is 58.1 cm³/mol. The van der Waals surface area contributed by atoms with Gasteiger partial charge in [-0.15, -0.1) is 0 Å². The molecule has 0 atom stereocenters. The second-order valence-corrected chi connectivity index (χ2v) is 3.43. The van der Waals surface area contributed by atoms with Gasteiger partial charge in [0.15, 0.2) is 0 Å². The average molecular weight is 195 g/mol. The lowest BCUT2D eigenvalue weighted by molar-refractivity contribution is 0.340. The minimum Gasteiger partial charge on any atom is -0.494 e. The van der Waals surface area contributed by atoms with Crippen LogP contribution in [0.25, 0.3) is 0 Å². The fourth-order valence-corrected chi connectivity index (χ4v) is 1.50. The minimum atomic E-state index is 0.660. The molecule has 0 radical (unpaired) electrons. The topological polar surface area (TPSA) is 35.2 Å². The molecule has 0 saturated carbocycles. The molecular weight excluding hydrogens is 182 g/mol. The van der Waals surface area contributed by atoms with Crippen molar-refractivity contribution in [2.45, 2.75) is 11.8 Å². The zero-order valence-corrected chi connectivity index (χ0v) is 8.43. The van der Waals surface area contributed by atoms with Gasteiger partial charge >= 0.3 is 0 Å². The van der Waals surface area contributed by atoms with Gasteiger partial charge < -0.3 is 10.5 Å². The van der Waals surface area contributed by atoms with Crippen LogP contribution in [0.3, 0.4) is 0 Å². The summed E-state index contributed by atoms with van der Waals surface area (Å²) in [5.74, 6) is 0.813. The zero-order valence-electron chi connectivity index (χ0n) is 7.62. The first kappa shape index (κ1) is 9.99. The number of benzene rings is 1. The first-order valence-electron chi connectivity index (χ1n) is 4.07. The Balaban J connectivity index is 2.84. The molecule has 0 aliphatic rings. The molecule has 70 valence electrons. The number of nitrogens with two attached hydrogens (primary N) is 1. The van der Waals surface area contributed by atoms with Crippen LogP contribution in [0.2, 0.25) is 0 Å². The highest BCUT2D eigenvalue weighted by Crippen LogP contribution is 2.28. The van der Waals surface area contributed by atoms with E-state index in [2.05, 4.69) is 6.58 Å². The number of nitrogen functional groups attached to an aromatic ring is 1. The van der Waals surface area contributed by atoms with E-state index in [1.165, 1.54) is 11.8 Å². The van der Waals surface area contributed by atoms with Gasteiger partial charge in [-0.25, -0.2) is 0 Å². The summed E-state index contributed by atoms with van der Waals surface area (Å²) >= 11 is 1.51. The van der Waals surface area contributed by atoms with Gasteiger partial charge in [0, 0.05) is 16.6 Å². The predicted octanol–water partition coefficient (Wildman–Crippen LogP) is 2.90. The number of ether oxygens (including phenoxy) is 1. The third kappa shape index (κ3) is 2.70. The second kappa shape index (κ2) is 4.82. The lowest BCUT2D eigenvalue weighted by Crippen LogP contribution is -1.94. The highest BCUT2D eigenvalue weighted by atomic mass is 32.2. The zero-order chi connectivity index (χ0) is 9.68. The monoisotopic (exact) mass is 195 g/mol. The van der Waals surface area contributed by atoms with Crippen LogP contribution >= 0.6 is 11.8 Å². The van der Waals surface area contributed by atoms with E-state index in [0.717, 1.165) is 16.3 Å². The molecule has 0 spiro atoms. The van der Waals surface area contributed by atoms with E-state index >= 15 is 0 Å². The SMILES string of the molecule is C=CSc1ccc(OCC)cc1N. The highest BCUT2D eigenvalue weighted by Gasteiger charge is 1.99. The summed E-state index contributed by atoms with van der Waals surface area (Å²) in [6, 6.07) is 5.67. The fraction of sp³-hybridized carbons (Fsp3) is 0.200. The van der Waals surface area contributed by atoms with Crippen LogP contribution in [0.1, 0.15) is 6.92 Å². The molecule has 1 aromatic carbocycles. The van der Waals surface area contributed by atoms with Gasteiger partial charge in [0.1, 0.15) is 5.75 Å². The molecule has 3 heteroatoms. The average Bonchev–Trinajstić information content (AvgIpc) is 2.10. The Bertz CT molecular complexity index is 299. The molecule has 0 aromatic heterocycles. The van der Waals surface area contributed by atoms with Gasteiger partial charge in [-0.1, -0.05) is 18.3 Å². The van der Waals surface area contributed by atoms with Crippen molar-refractivity contribution in [1.82, 2.24) is 0 Å². The first-order chi connectivity index (χ1) is 6.27. The summed E-state index contributed by atoms with van der Waals surface area (Å²) < 4.78 is 5.30. The summed E-state index contributed by atoms with van der Waals surface area (Å²) in [6.45, 7) is 6.24. The Morgan fingerprint density at radius 3 is 2.92 bits per heavy atom. The molecule has 2 N–H and O–H groups in total. The molecule has 0 aliphatic heterocycles. The molecule has 0 bridgehead atoms. The van der Waals surface area contributed by atoms with Crippen molar-refractivity contribution in [3.63, 3.8) is 0 Å². The summed E-state index contributed by atoms with van der Waals surface area (Å²) in [5, 5.41) is 1.76. The number of thioether (sulfide) groups is 1. The van der Waals surface area contributed by atoms with Crippen molar-refractivity contribution < 1.29 is 4.74 Å². The van der Waals surface area contributed by atoms with Crippen molar-refractivity contribution in [2.75, 3.05) is 12.3 Å². The third-order valence-electron chi connectivity index (χ3n) is 1.50. The first-order valence-corrected chi connectivity index (χ1v) is 4.95. The third-order valence-corrected chi connectivity index (χ3v) is 2.29. The van der Waals surface area contributed by atoms with Crippen LogP contribution in [-0.2, 0) is 0 Å². The molecule has 1 rings (SSSR count). The summed E-state index contributed by atoms with van der Waals surface area (Å²) in [5.41, 5.74) is 6.52. The highest BCUT2D eigenvalue weighted by molar-refractivity contribution is 8.02. The van der Waals surface area contributed by atoms with E-state index in [-0.39, 0.29) is 0 Å². The van der Waals surface area contributed by atoms with Crippen molar-refractivity contribution >= 4 is 17.4 Å². The standard InChI is InChI=1S/C10H13NOS/c1-3-12-8-5-6-10(13-4-2)9(11)7-8/h4-7H,2-3,11H2,1H3. The molecule has 1 aromatic rings. The van der Waals surface area contributed by atoms with E-state index < -0.39 is 0 Å². The van der Waals surface area contributed by atoms with Gasteiger partial charge in [0.2, 0.25) is 0 Å². The van der Waals surface area contributed by atoms with Crippen molar-refractivity contribution in [3.8, 4) is 5.75 Å². The molecule has 13 heavy (non-hydrogen) atoms. The summed E-state index contributed by atoms with van der Waals surface area (Å²) in [6.07, 6.45) is 0. The van der Waals surface area contributed by atoms with Gasteiger partial charge in [0.05, 0.1) is 6.61 Å². The van der Waals surface area contributed by atoms with Gasteiger partial charge in [-0.05, 0) is 24.5 Å². The maximum atomic E-state index is 5.79. The van der Waals surface area contributed by atoms with Crippen LogP contribution in [-0.4, -0.2) is 6.61 Å². The smallest absolute Gasteiger partial charge is 0.121 e. The van der Waals surface area contributed by atoms with Crippen molar-refractivity contribution in [3.05, 3.63) is 30.2 Å². The number of rotatable bonds is 4. The van der Waals surface area contributed by atoms with E-state index in [4.69, 9.17) is 10.5 Å². The largest absolute Gasteiger partial charge is 0.494 e. The van der Waals surface area contributed by atoms with E-state index in [9.17, 15) is 0 Å². The molecule has 0 saturated heterocycles. The lowest BCUT2D eigenvalue weighted by atomic mass is 10.3. The molecule has 2 nitrogen and oxygen atoms in total. The molecule has 0 heterocycles. The molecular formula is C10H13NOS. The Kier molecular flexibility index (Phi) is 3.71. The normalized spacial score (nSPS) is 9.62. The molecule has 0 fully saturated rings. The lowest BCUT2D eigenvalue weighted by Gasteiger charge is -2.06. The Morgan fingerprint density at radius 1 is 1.62 bits per heavy atom. The van der Waals surface area contributed by atoms with Crippen molar-refractivity contribution in [2.24, 2.45) is 0 Å². The number of hydrogen-bond acceptors (Lipinski definition) is 3. The van der Waals surface area contributed by atoms with E-state index in [0.29, 0.717) is 6.61 Å². The maximum Gasteiger partial charge on any atom is 0.121 e. The quantitative estimate of drug-likeness (QED) is 0.592. The maximum absolute atomic E-state index is 5.79. The van der Waals surface area contributed by atoms with E-state index in [1.54, 1.807) is 5.41 Å². The van der Waals surface area contributed by atoms with Crippen LogP contribution < -0.4 is 10.5 Å². The van der Waals surface area contributed by atoms with Crippen LogP contribution in [0.4, 0.5) is 5.69 Å². The Labute approximate surface area is 82.8 Å². The number of anilines is 1. The Hall–Kier alpha value is -1.09. The summed E-state index contributed by atoms with van der Waals surface area (Å²) in [7, 11) is 0. The molecule has 0 amide bonds. The summed E-state index contributed by atoms with van der Waals surface area (Å²) in [4.78, 5) is 1.01. The number of hydrogen-bond donors (Lipinski definition) is 1. The minimum absolute atomic E-state index is 0.660. The van der Waals surface area contributed by atoms with Gasteiger partial charge in [-0.3, -0.25) is 0 Å². The van der Waals surface area contributed by atoms with E-state index in [1.807, 2.05) is 25.1 Å². The van der Waals surface area contributed by atoms with Crippen molar-refractivity contribution in [1.29, 1.82) is 0 Å². The molecule has 0 aliphatic carbocycles. The van der Waals surface area contributed by atoms with Gasteiger partial charge in [-0.2, -0.15) is 0 Å².